The van der Waals surface area contributed by atoms with Crippen LogP contribution in [0.5, 0.6) is 0 Å². The zero-order valence-electron chi connectivity index (χ0n) is 6.64. The predicted octanol–water partition coefficient (Wildman–Crippen LogP) is 1.77. The van der Waals surface area contributed by atoms with Crippen molar-refractivity contribution in [3.63, 3.8) is 0 Å². The van der Waals surface area contributed by atoms with Crippen molar-refractivity contribution in [1.82, 2.24) is 15.2 Å². The van der Waals surface area contributed by atoms with Gasteiger partial charge in [0.1, 0.15) is 5.52 Å². The Morgan fingerprint density at radius 2 is 2.08 bits per heavy atom. The Kier molecular flexibility index (Phi) is 1.14. The number of nitrogens with zero attached hydrogens (tertiary/aromatic N) is 3. The highest BCUT2D eigenvalue weighted by Gasteiger charge is 2.03. The lowest BCUT2D eigenvalue weighted by atomic mass is 10.2. The molecule has 4 heteroatoms. The molecule has 0 atom stereocenters. The van der Waals surface area contributed by atoms with Crippen molar-refractivity contribution in [2.45, 2.75) is 0 Å². The van der Waals surface area contributed by atoms with Crippen LogP contribution in [0.1, 0.15) is 0 Å². The summed E-state index contributed by atoms with van der Waals surface area (Å²) in [6, 6.07) is 3.79. The molecule has 0 N–H and O–H groups in total. The number of fused-ring (bicyclic) bond motifs is 3. The molecule has 0 saturated heterocycles. The molecule has 0 aliphatic heterocycles. The summed E-state index contributed by atoms with van der Waals surface area (Å²) in [5, 5.41) is 9.89. The largest absolute Gasteiger partial charge is 0.445 e. The third kappa shape index (κ3) is 0.823. The Hall–Kier alpha value is -1.97. The van der Waals surface area contributed by atoms with Crippen molar-refractivity contribution in [3.05, 3.63) is 30.8 Å². The van der Waals surface area contributed by atoms with Crippen molar-refractivity contribution in [3.8, 4) is 0 Å². The van der Waals surface area contributed by atoms with Gasteiger partial charge in [0.25, 0.3) is 0 Å². The number of furan rings is 1. The first-order valence-corrected chi connectivity index (χ1v) is 3.89. The van der Waals surface area contributed by atoms with Crippen LogP contribution in [0.25, 0.3) is 22.0 Å². The lowest BCUT2D eigenvalue weighted by Crippen LogP contribution is -1.84. The van der Waals surface area contributed by atoms with Crippen LogP contribution in [0.4, 0.5) is 0 Å². The zero-order valence-corrected chi connectivity index (χ0v) is 6.64. The highest BCUT2D eigenvalue weighted by Crippen LogP contribution is 2.20. The minimum Gasteiger partial charge on any atom is -0.445 e. The molecule has 3 rings (SSSR count). The predicted molar refractivity (Wildman–Crippen MR) is 47.1 cm³/mol. The van der Waals surface area contributed by atoms with Crippen molar-refractivity contribution < 1.29 is 4.42 Å². The van der Waals surface area contributed by atoms with Crippen molar-refractivity contribution in [2.24, 2.45) is 0 Å². The second-order valence-electron chi connectivity index (χ2n) is 2.73. The summed E-state index contributed by atoms with van der Waals surface area (Å²) in [7, 11) is 0. The van der Waals surface area contributed by atoms with Gasteiger partial charge in [-0.15, -0.1) is 10.2 Å². The van der Waals surface area contributed by atoms with Gasteiger partial charge in [0.05, 0.1) is 17.8 Å². The zero-order chi connectivity index (χ0) is 8.67. The molecule has 3 heterocycles. The summed E-state index contributed by atoms with van der Waals surface area (Å²) in [5.74, 6) is 0. The Bertz CT molecular complexity index is 573. The maximum absolute atomic E-state index is 5.13. The molecule has 0 bridgehead atoms. The summed E-state index contributed by atoms with van der Waals surface area (Å²) in [6.45, 7) is 0. The molecule has 3 aromatic heterocycles. The van der Waals surface area contributed by atoms with Gasteiger partial charge in [-0.3, -0.25) is 4.98 Å². The van der Waals surface area contributed by atoms with Crippen molar-refractivity contribution in [1.29, 1.82) is 0 Å². The topological polar surface area (TPSA) is 51.8 Å². The van der Waals surface area contributed by atoms with E-state index in [1.807, 2.05) is 12.1 Å². The van der Waals surface area contributed by atoms with E-state index in [1.54, 1.807) is 18.7 Å². The molecule has 0 spiro atoms. The van der Waals surface area contributed by atoms with E-state index < -0.39 is 0 Å². The monoisotopic (exact) mass is 171 g/mol. The average Bonchev–Trinajstić information content (AvgIpc) is 2.65. The minimum absolute atomic E-state index is 0.568. The van der Waals surface area contributed by atoms with Gasteiger partial charge in [-0.25, -0.2) is 0 Å². The van der Waals surface area contributed by atoms with E-state index in [4.69, 9.17) is 4.42 Å². The number of pyridine rings is 1. The van der Waals surface area contributed by atoms with Crippen LogP contribution >= 0.6 is 0 Å². The molecule has 0 aliphatic rings. The van der Waals surface area contributed by atoms with Gasteiger partial charge in [0.15, 0.2) is 0 Å². The fourth-order valence-corrected chi connectivity index (χ4v) is 1.38. The molecular weight excluding hydrogens is 166 g/mol. The number of rotatable bonds is 0. The number of aromatic nitrogens is 3. The summed E-state index contributed by atoms with van der Waals surface area (Å²) >= 11 is 0. The highest BCUT2D eigenvalue weighted by molar-refractivity contribution is 6.01. The van der Waals surface area contributed by atoms with Gasteiger partial charge in [-0.05, 0) is 12.1 Å². The van der Waals surface area contributed by atoms with Crippen LogP contribution in [0.15, 0.2) is 35.2 Å². The van der Waals surface area contributed by atoms with Crippen LogP contribution in [-0.2, 0) is 0 Å². The Labute approximate surface area is 73.2 Å². The molecule has 0 aromatic carbocycles. The lowest BCUT2D eigenvalue weighted by Gasteiger charge is -1.93. The highest BCUT2D eigenvalue weighted by atomic mass is 16.3. The first-order valence-electron chi connectivity index (χ1n) is 3.89. The molecule has 0 radical (unpaired) electrons. The normalized spacial score (nSPS) is 11.1. The molecule has 13 heavy (non-hydrogen) atoms. The van der Waals surface area contributed by atoms with Gasteiger partial charge >= 0.3 is 0 Å². The molecule has 3 aromatic rings. The van der Waals surface area contributed by atoms with E-state index in [2.05, 4.69) is 15.2 Å². The molecule has 0 aliphatic carbocycles. The third-order valence-electron chi connectivity index (χ3n) is 1.98. The van der Waals surface area contributed by atoms with E-state index in [1.165, 1.54) is 0 Å². The van der Waals surface area contributed by atoms with Gasteiger partial charge < -0.3 is 4.42 Å². The minimum atomic E-state index is 0.568. The molecule has 0 amide bonds. The molecular formula is C9H5N3O. The van der Waals surface area contributed by atoms with Crippen LogP contribution in [0, 0.1) is 0 Å². The SMILES string of the molecule is c1cc2c(cn1)nnc1occc12. The fourth-order valence-electron chi connectivity index (χ4n) is 1.38. The van der Waals surface area contributed by atoms with Crippen LogP contribution in [-0.4, -0.2) is 15.2 Å². The van der Waals surface area contributed by atoms with Crippen molar-refractivity contribution in [2.75, 3.05) is 0 Å². The number of hydrogen-bond acceptors (Lipinski definition) is 4. The van der Waals surface area contributed by atoms with Crippen LogP contribution < -0.4 is 0 Å². The van der Waals surface area contributed by atoms with E-state index in [9.17, 15) is 0 Å². The standard InChI is InChI=1S/C9H5N3O/c1-3-10-5-8-6(1)7-2-4-13-9(7)12-11-8/h1-5H. The third-order valence-corrected chi connectivity index (χ3v) is 1.98. The van der Waals surface area contributed by atoms with Gasteiger partial charge in [0.2, 0.25) is 5.71 Å². The second-order valence-corrected chi connectivity index (χ2v) is 2.73. The van der Waals surface area contributed by atoms with Gasteiger partial charge in [0, 0.05) is 11.6 Å². The fraction of sp³-hybridized carbons (Fsp3) is 0. The van der Waals surface area contributed by atoms with E-state index in [0.29, 0.717) is 5.71 Å². The molecule has 62 valence electrons. The first kappa shape index (κ1) is 6.54. The smallest absolute Gasteiger partial charge is 0.246 e. The van der Waals surface area contributed by atoms with Gasteiger partial charge in [-0.2, -0.15) is 0 Å². The Balaban J connectivity index is 2.65. The molecule has 0 fully saturated rings. The molecule has 0 unspecified atom stereocenters. The molecule has 4 nitrogen and oxygen atoms in total. The maximum atomic E-state index is 5.13. The Morgan fingerprint density at radius 3 is 3.08 bits per heavy atom. The number of hydrogen-bond donors (Lipinski definition) is 0. The lowest BCUT2D eigenvalue weighted by molar-refractivity contribution is 0.598. The Morgan fingerprint density at radius 1 is 1.08 bits per heavy atom. The quantitative estimate of drug-likeness (QED) is 0.517. The summed E-state index contributed by atoms with van der Waals surface area (Å²) in [6.07, 6.45) is 5.03. The maximum Gasteiger partial charge on any atom is 0.246 e. The van der Waals surface area contributed by atoms with E-state index >= 15 is 0 Å². The van der Waals surface area contributed by atoms with Crippen LogP contribution in [0.3, 0.4) is 0 Å². The first-order chi connectivity index (χ1) is 6.45. The van der Waals surface area contributed by atoms with E-state index in [0.717, 1.165) is 16.3 Å². The van der Waals surface area contributed by atoms with E-state index in [-0.39, 0.29) is 0 Å². The summed E-state index contributed by atoms with van der Waals surface area (Å²) in [4.78, 5) is 3.97. The second kappa shape index (κ2) is 2.26. The van der Waals surface area contributed by atoms with Gasteiger partial charge in [-0.1, -0.05) is 0 Å². The molecule has 0 saturated carbocycles. The summed E-state index contributed by atoms with van der Waals surface area (Å²) < 4.78 is 5.13. The van der Waals surface area contributed by atoms with Crippen molar-refractivity contribution >= 4 is 22.0 Å². The summed E-state index contributed by atoms with van der Waals surface area (Å²) in [5.41, 5.74) is 1.36. The average molecular weight is 171 g/mol. The van der Waals surface area contributed by atoms with Crippen LogP contribution in [0.2, 0.25) is 0 Å².